The standard InChI is InChI=1S/C25H25N3O5S2/c1-25(2,3)33-24(30)28-18-9-7-15(22-6-5-11-34-22)13-19(18)27-23(29)21-14-16-12-17(35(4,26)31)8-10-20(16)32-21/h5-14,26H,1-4H3,(H,27,29)(H,28,30). The van der Waals surface area contributed by atoms with Gasteiger partial charge in [-0.2, -0.15) is 0 Å². The average Bonchev–Trinajstić information content (AvgIpc) is 3.42. The van der Waals surface area contributed by atoms with E-state index in [4.69, 9.17) is 13.9 Å². The minimum atomic E-state index is -2.90. The van der Waals surface area contributed by atoms with E-state index in [1.807, 2.05) is 23.6 Å². The Kier molecular flexibility index (Phi) is 6.44. The second-order valence-corrected chi connectivity index (χ2v) is 12.1. The number of amides is 2. The Morgan fingerprint density at radius 3 is 2.46 bits per heavy atom. The fraction of sp³-hybridized carbons (Fsp3) is 0.200. The molecule has 2 aromatic heterocycles. The van der Waals surface area contributed by atoms with Crippen LogP contribution in [0.3, 0.4) is 0 Å². The summed E-state index contributed by atoms with van der Waals surface area (Å²) in [6.45, 7) is 5.29. The van der Waals surface area contributed by atoms with E-state index in [1.54, 1.807) is 62.4 Å². The summed E-state index contributed by atoms with van der Waals surface area (Å²) in [5, 5.41) is 8.02. The molecular formula is C25H25N3O5S2. The van der Waals surface area contributed by atoms with Crippen LogP contribution in [0, 0.1) is 4.78 Å². The second kappa shape index (κ2) is 9.20. The summed E-state index contributed by atoms with van der Waals surface area (Å²) in [7, 11) is -2.90. The summed E-state index contributed by atoms with van der Waals surface area (Å²) >= 11 is 1.55. The van der Waals surface area contributed by atoms with Gasteiger partial charge >= 0.3 is 6.09 Å². The van der Waals surface area contributed by atoms with Crippen LogP contribution in [0.2, 0.25) is 0 Å². The lowest BCUT2D eigenvalue weighted by atomic mass is 10.1. The van der Waals surface area contributed by atoms with E-state index in [1.165, 1.54) is 12.3 Å². The van der Waals surface area contributed by atoms with Crippen molar-refractivity contribution in [1.29, 1.82) is 4.78 Å². The molecule has 0 radical (unpaired) electrons. The molecule has 2 amide bonds. The van der Waals surface area contributed by atoms with Gasteiger partial charge in [-0.15, -0.1) is 11.3 Å². The summed E-state index contributed by atoms with van der Waals surface area (Å²) in [4.78, 5) is 26.8. The zero-order valence-corrected chi connectivity index (χ0v) is 21.3. The van der Waals surface area contributed by atoms with Crippen LogP contribution in [0.5, 0.6) is 0 Å². The molecule has 182 valence electrons. The highest BCUT2D eigenvalue weighted by molar-refractivity contribution is 7.91. The Morgan fingerprint density at radius 2 is 1.80 bits per heavy atom. The van der Waals surface area contributed by atoms with Gasteiger partial charge in [0.15, 0.2) is 5.76 Å². The van der Waals surface area contributed by atoms with Gasteiger partial charge in [0.25, 0.3) is 5.91 Å². The number of hydrogen-bond donors (Lipinski definition) is 3. The molecule has 4 aromatic rings. The molecule has 10 heteroatoms. The number of furan rings is 1. The van der Waals surface area contributed by atoms with Crippen molar-refractivity contribution in [3.05, 3.63) is 65.7 Å². The Labute approximate surface area is 207 Å². The second-order valence-electron chi connectivity index (χ2n) is 8.97. The van der Waals surface area contributed by atoms with Gasteiger partial charge in [-0.05, 0) is 74.2 Å². The van der Waals surface area contributed by atoms with Crippen LogP contribution in [0.15, 0.2) is 69.3 Å². The Balaban J connectivity index is 1.66. The monoisotopic (exact) mass is 511 g/mol. The number of anilines is 2. The largest absolute Gasteiger partial charge is 0.451 e. The molecule has 0 fully saturated rings. The fourth-order valence-electron chi connectivity index (χ4n) is 3.33. The smallest absolute Gasteiger partial charge is 0.412 e. The number of benzene rings is 2. The number of fused-ring (bicyclic) bond motifs is 1. The first-order valence-corrected chi connectivity index (χ1v) is 13.5. The summed E-state index contributed by atoms with van der Waals surface area (Å²) in [5.41, 5.74) is 1.36. The highest BCUT2D eigenvalue weighted by atomic mass is 32.2. The summed E-state index contributed by atoms with van der Waals surface area (Å²) in [5.74, 6) is -0.490. The fourth-order valence-corrected chi connectivity index (χ4v) is 4.73. The topological polar surface area (TPSA) is 121 Å². The molecule has 4 rings (SSSR count). The zero-order valence-electron chi connectivity index (χ0n) is 19.6. The predicted octanol–water partition coefficient (Wildman–Crippen LogP) is 6.80. The minimum Gasteiger partial charge on any atom is -0.451 e. The number of nitrogens with one attached hydrogen (secondary N) is 3. The van der Waals surface area contributed by atoms with Gasteiger partial charge in [-0.25, -0.2) is 13.8 Å². The molecule has 0 aliphatic carbocycles. The van der Waals surface area contributed by atoms with E-state index in [9.17, 15) is 13.8 Å². The van der Waals surface area contributed by atoms with Crippen LogP contribution in [0.25, 0.3) is 21.4 Å². The number of carbonyl (C=O) groups excluding carboxylic acids is 2. The quantitative estimate of drug-likeness (QED) is 0.272. The van der Waals surface area contributed by atoms with Crippen LogP contribution in [0.1, 0.15) is 31.3 Å². The summed E-state index contributed by atoms with van der Waals surface area (Å²) < 4.78 is 30.9. The highest BCUT2D eigenvalue weighted by Gasteiger charge is 2.20. The first-order valence-electron chi connectivity index (χ1n) is 10.7. The van der Waals surface area contributed by atoms with Crippen molar-refractivity contribution >= 4 is 55.4 Å². The molecule has 0 spiro atoms. The van der Waals surface area contributed by atoms with Crippen molar-refractivity contribution in [2.75, 3.05) is 16.9 Å². The maximum absolute atomic E-state index is 13.1. The summed E-state index contributed by atoms with van der Waals surface area (Å²) in [6, 6.07) is 15.5. The molecule has 2 heterocycles. The van der Waals surface area contributed by atoms with Gasteiger partial charge in [-0.1, -0.05) is 12.1 Å². The van der Waals surface area contributed by atoms with Gasteiger partial charge in [0.2, 0.25) is 0 Å². The maximum Gasteiger partial charge on any atom is 0.412 e. The lowest BCUT2D eigenvalue weighted by molar-refractivity contribution is 0.0635. The zero-order chi connectivity index (χ0) is 25.4. The van der Waals surface area contributed by atoms with E-state index in [0.29, 0.717) is 27.2 Å². The molecule has 35 heavy (non-hydrogen) atoms. The maximum atomic E-state index is 13.1. The number of thiophene rings is 1. The van der Waals surface area contributed by atoms with Gasteiger partial charge in [-0.3, -0.25) is 10.1 Å². The highest BCUT2D eigenvalue weighted by Crippen LogP contribution is 2.33. The van der Waals surface area contributed by atoms with E-state index < -0.39 is 27.3 Å². The molecule has 3 N–H and O–H groups in total. The summed E-state index contributed by atoms with van der Waals surface area (Å²) in [6.07, 6.45) is 0.688. The van der Waals surface area contributed by atoms with Gasteiger partial charge in [0, 0.05) is 21.4 Å². The number of rotatable bonds is 5. The predicted molar refractivity (Wildman–Crippen MR) is 139 cm³/mol. The Hall–Kier alpha value is -3.63. The average molecular weight is 512 g/mol. The minimum absolute atomic E-state index is 0.0366. The van der Waals surface area contributed by atoms with Crippen LogP contribution >= 0.6 is 11.3 Å². The van der Waals surface area contributed by atoms with E-state index in [-0.39, 0.29) is 5.76 Å². The molecule has 1 unspecified atom stereocenters. The van der Waals surface area contributed by atoms with Crippen LogP contribution < -0.4 is 10.6 Å². The molecule has 1 atom stereocenters. The third-order valence-corrected chi connectivity index (χ3v) is 6.94. The van der Waals surface area contributed by atoms with Crippen molar-refractivity contribution in [1.82, 2.24) is 0 Å². The van der Waals surface area contributed by atoms with Crippen molar-refractivity contribution in [3.63, 3.8) is 0 Å². The van der Waals surface area contributed by atoms with E-state index in [2.05, 4.69) is 10.6 Å². The van der Waals surface area contributed by atoms with Crippen LogP contribution in [-0.4, -0.2) is 28.1 Å². The van der Waals surface area contributed by atoms with E-state index in [0.717, 1.165) is 10.4 Å². The van der Waals surface area contributed by atoms with Gasteiger partial charge < -0.3 is 14.5 Å². The number of carbonyl (C=O) groups is 2. The normalized spacial score (nSPS) is 13.3. The first kappa shape index (κ1) is 24.5. The van der Waals surface area contributed by atoms with Gasteiger partial charge in [0.05, 0.1) is 21.1 Å². The molecular weight excluding hydrogens is 486 g/mol. The van der Waals surface area contributed by atoms with Crippen molar-refractivity contribution in [2.45, 2.75) is 31.3 Å². The van der Waals surface area contributed by atoms with Gasteiger partial charge in [0.1, 0.15) is 11.2 Å². The van der Waals surface area contributed by atoms with Crippen LogP contribution in [-0.2, 0) is 14.5 Å². The Morgan fingerprint density at radius 1 is 1.03 bits per heavy atom. The SMILES string of the molecule is CC(C)(C)OC(=O)Nc1ccc(-c2cccs2)cc1NC(=O)c1cc2cc(S(C)(=N)=O)ccc2o1. The molecule has 0 bridgehead atoms. The molecule has 0 aliphatic rings. The van der Waals surface area contributed by atoms with Crippen LogP contribution in [0.4, 0.5) is 16.2 Å². The molecule has 0 saturated heterocycles. The molecule has 0 aliphatic heterocycles. The van der Waals surface area contributed by atoms with E-state index >= 15 is 0 Å². The molecule has 8 nitrogen and oxygen atoms in total. The first-order chi connectivity index (χ1) is 16.4. The lowest BCUT2D eigenvalue weighted by Gasteiger charge is -2.20. The third kappa shape index (κ3) is 5.90. The lowest BCUT2D eigenvalue weighted by Crippen LogP contribution is -2.27. The number of ether oxygens (including phenoxy) is 1. The molecule has 2 aromatic carbocycles. The van der Waals surface area contributed by atoms with Crippen molar-refractivity contribution in [3.8, 4) is 10.4 Å². The molecule has 0 saturated carbocycles. The van der Waals surface area contributed by atoms with Crippen molar-refractivity contribution < 1.29 is 23.0 Å². The number of hydrogen-bond acceptors (Lipinski definition) is 7. The third-order valence-electron chi connectivity index (χ3n) is 4.87. The van der Waals surface area contributed by atoms with Crippen molar-refractivity contribution in [2.24, 2.45) is 0 Å². The Bertz CT molecular complexity index is 1510.